The van der Waals surface area contributed by atoms with Crippen molar-refractivity contribution in [1.82, 2.24) is 0 Å². The quantitative estimate of drug-likeness (QED) is 0.777. The topological polar surface area (TPSA) is 26.3 Å². The Morgan fingerprint density at radius 3 is 2.61 bits per heavy atom. The highest BCUT2D eigenvalue weighted by atomic mass is 79.9. The molecule has 0 fully saturated rings. The van der Waals surface area contributed by atoms with Gasteiger partial charge in [-0.15, -0.1) is 0 Å². The molecule has 0 aromatic heterocycles. The first-order valence-corrected chi connectivity index (χ1v) is 6.36. The zero-order chi connectivity index (χ0) is 13.1. The van der Waals surface area contributed by atoms with E-state index < -0.39 is 0 Å². The summed E-state index contributed by atoms with van der Waals surface area (Å²) in [6.45, 7) is 2.05. The molecule has 0 saturated heterocycles. The molecule has 2 aromatic carbocycles. The molecular weight excluding hydrogens is 292 g/mol. The Balaban J connectivity index is 2.48. The number of halogens is 1. The van der Waals surface area contributed by atoms with Crippen molar-refractivity contribution in [2.45, 2.75) is 6.92 Å². The van der Waals surface area contributed by atoms with Crippen molar-refractivity contribution in [1.29, 1.82) is 0 Å². The first kappa shape index (κ1) is 12.8. The van der Waals surface area contributed by atoms with Gasteiger partial charge in [0, 0.05) is 4.47 Å². The van der Waals surface area contributed by atoms with E-state index in [0.717, 1.165) is 21.2 Å². The zero-order valence-electron chi connectivity index (χ0n) is 10.2. The van der Waals surface area contributed by atoms with E-state index in [9.17, 15) is 4.79 Å². The normalized spacial score (nSPS) is 10.2. The maximum absolute atomic E-state index is 11.5. The molecule has 0 bridgehead atoms. The molecule has 3 heteroatoms. The molecule has 0 unspecified atom stereocenters. The lowest BCUT2D eigenvalue weighted by Gasteiger charge is -2.08. The van der Waals surface area contributed by atoms with Crippen LogP contribution in [-0.2, 0) is 4.74 Å². The smallest absolute Gasteiger partial charge is 0.337 e. The number of benzene rings is 2. The Morgan fingerprint density at radius 2 is 1.94 bits per heavy atom. The lowest BCUT2D eigenvalue weighted by Crippen LogP contribution is -2.00. The number of esters is 1. The van der Waals surface area contributed by atoms with Crippen LogP contribution >= 0.6 is 15.9 Å². The lowest BCUT2D eigenvalue weighted by molar-refractivity contribution is 0.0601. The van der Waals surface area contributed by atoms with Gasteiger partial charge in [-0.05, 0) is 47.9 Å². The summed E-state index contributed by atoms with van der Waals surface area (Å²) in [5.74, 6) is -0.313. The molecule has 0 radical (unpaired) electrons. The molecule has 0 N–H and O–H groups in total. The van der Waals surface area contributed by atoms with E-state index in [1.807, 2.05) is 37.3 Å². The van der Waals surface area contributed by atoms with Crippen LogP contribution in [0, 0.1) is 6.92 Å². The van der Waals surface area contributed by atoms with E-state index in [2.05, 4.69) is 22.0 Å². The van der Waals surface area contributed by atoms with Gasteiger partial charge in [-0.2, -0.15) is 0 Å². The predicted molar refractivity (Wildman–Crippen MR) is 75.7 cm³/mol. The maximum Gasteiger partial charge on any atom is 0.337 e. The Hall–Kier alpha value is -1.61. The monoisotopic (exact) mass is 304 g/mol. The van der Waals surface area contributed by atoms with Crippen LogP contribution in [0.1, 0.15) is 15.9 Å². The zero-order valence-corrected chi connectivity index (χ0v) is 11.8. The lowest BCUT2D eigenvalue weighted by atomic mass is 9.99. The number of aryl methyl sites for hydroxylation is 1. The van der Waals surface area contributed by atoms with Gasteiger partial charge in [0.25, 0.3) is 0 Å². The van der Waals surface area contributed by atoms with Gasteiger partial charge in [0.05, 0.1) is 12.7 Å². The molecule has 0 aliphatic rings. The second-order valence-corrected chi connectivity index (χ2v) is 4.95. The third-order valence-corrected chi connectivity index (χ3v) is 3.28. The van der Waals surface area contributed by atoms with Crippen molar-refractivity contribution in [2.24, 2.45) is 0 Å². The van der Waals surface area contributed by atoms with E-state index in [0.29, 0.717) is 5.56 Å². The van der Waals surface area contributed by atoms with Crippen LogP contribution in [0.25, 0.3) is 11.1 Å². The van der Waals surface area contributed by atoms with Gasteiger partial charge < -0.3 is 4.74 Å². The molecule has 2 rings (SSSR count). The minimum atomic E-state index is -0.313. The number of hydrogen-bond donors (Lipinski definition) is 0. The van der Waals surface area contributed by atoms with Gasteiger partial charge in [-0.1, -0.05) is 34.1 Å². The third kappa shape index (κ3) is 2.62. The Labute approximate surface area is 115 Å². The van der Waals surface area contributed by atoms with E-state index in [1.165, 1.54) is 7.11 Å². The fourth-order valence-electron chi connectivity index (χ4n) is 1.88. The van der Waals surface area contributed by atoms with Crippen molar-refractivity contribution in [2.75, 3.05) is 7.11 Å². The fourth-order valence-corrected chi connectivity index (χ4v) is 2.36. The number of rotatable bonds is 2. The molecule has 0 heterocycles. The van der Waals surface area contributed by atoms with Crippen LogP contribution < -0.4 is 0 Å². The highest BCUT2D eigenvalue weighted by Gasteiger charge is 2.08. The van der Waals surface area contributed by atoms with E-state index in [-0.39, 0.29) is 5.97 Å². The molecular formula is C15H13BrO2. The molecule has 2 aromatic rings. The molecule has 92 valence electrons. The standard InChI is InChI=1S/C15H13BrO2/c1-10-8-13(16)6-7-14(10)11-4-3-5-12(9-11)15(17)18-2/h3-9H,1-2H3. The van der Waals surface area contributed by atoms with Crippen molar-refractivity contribution in [3.05, 3.63) is 58.1 Å². The number of carbonyl (C=O) groups excluding carboxylic acids is 1. The van der Waals surface area contributed by atoms with Gasteiger partial charge in [0.2, 0.25) is 0 Å². The molecule has 18 heavy (non-hydrogen) atoms. The van der Waals surface area contributed by atoms with Crippen LogP contribution in [0.4, 0.5) is 0 Å². The van der Waals surface area contributed by atoms with Gasteiger partial charge >= 0.3 is 5.97 Å². The average Bonchev–Trinajstić information content (AvgIpc) is 2.38. The second kappa shape index (κ2) is 5.36. The highest BCUT2D eigenvalue weighted by molar-refractivity contribution is 9.10. The molecule has 0 aliphatic carbocycles. The average molecular weight is 305 g/mol. The number of ether oxygens (including phenoxy) is 1. The summed E-state index contributed by atoms with van der Waals surface area (Å²) >= 11 is 3.44. The van der Waals surface area contributed by atoms with Crippen molar-refractivity contribution < 1.29 is 9.53 Å². The SMILES string of the molecule is COC(=O)c1cccc(-c2ccc(Br)cc2C)c1. The second-order valence-electron chi connectivity index (χ2n) is 4.03. The number of hydrogen-bond acceptors (Lipinski definition) is 2. The fraction of sp³-hybridized carbons (Fsp3) is 0.133. The van der Waals surface area contributed by atoms with Crippen LogP contribution in [0.3, 0.4) is 0 Å². The van der Waals surface area contributed by atoms with E-state index >= 15 is 0 Å². The van der Waals surface area contributed by atoms with Crippen molar-refractivity contribution >= 4 is 21.9 Å². The number of methoxy groups -OCH3 is 1. The molecule has 0 amide bonds. The van der Waals surface area contributed by atoms with Gasteiger partial charge in [0.15, 0.2) is 0 Å². The third-order valence-electron chi connectivity index (χ3n) is 2.78. The van der Waals surface area contributed by atoms with Gasteiger partial charge in [-0.3, -0.25) is 0 Å². The van der Waals surface area contributed by atoms with E-state index in [1.54, 1.807) is 6.07 Å². The largest absolute Gasteiger partial charge is 0.465 e. The maximum atomic E-state index is 11.5. The summed E-state index contributed by atoms with van der Waals surface area (Å²) in [7, 11) is 1.39. The molecule has 0 saturated carbocycles. The van der Waals surface area contributed by atoms with Crippen LogP contribution in [0.5, 0.6) is 0 Å². The number of carbonyl (C=O) groups is 1. The minimum absolute atomic E-state index is 0.313. The van der Waals surface area contributed by atoms with Crippen LogP contribution in [0.15, 0.2) is 46.9 Å². The summed E-state index contributed by atoms with van der Waals surface area (Å²) in [5.41, 5.74) is 3.86. The van der Waals surface area contributed by atoms with Crippen molar-refractivity contribution in [3.8, 4) is 11.1 Å². The Kier molecular flexibility index (Phi) is 3.82. The van der Waals surface area contributed by atoms with Crippen LogP contribution in [0.2, 0.25) is 0 Å². The summed E-state index contributed by atoms with van der Waals surface area (Å²) in [6.07, 6.45) is 0. The first-order chi connectivity index (χ1) is 8.61. The van der Waals surface area contributed by atoms with Gasteiger partial charge in [-0.25, -0.2) is 4.79 Å². The Bertz CT molecular complexity index is 591. The molecule has 0 aliphatic heterocycles. The summed E-state index contributed by atoms with van der Waals surface area (Å²) in [5, 5.41) is 0. The Morgan fingerprint density at radius 1 is 1.17 bits per heavy atom. The molecule has 0 spiro atoms. The van der Waals surface area contributed by atoms with Crippen LogP contribution in [-0.4, -0.2) is 13.1 Å². The molecule has 0 atom stereocenters. The first-order valence-electron chi connectivity index (χ1n) is 5.56. The predicted octanol–water partition coefficient (Wildman–Crippen LogP) is 4.21. The highest BCUT2D eigenvalue weighted by Crippen LogP contribution is 2.26. The van der Waals surface area contributed by atoms with Gasteiger partial charge in [0.1, 0.15) is 0 Å². The minimum Gasteiger partial charge on any atom is -0.465 e. The van der Waals surface area contributed by atoms with E-state index in [4.69, 9.17) is 4.74 Å². The summed E-state index contributed by atoms with van der Waals surface area (Å²) < 4.78 is 5.78. The molecule has 2 nitrogen and oxygen atoms in total. The van der Waals surface area contributed by atoms with Crippen molar-refractivity contribution in [3.63, 3.8) is 0 Å². The summed E-state index contributed by atoms with van der Waals surface area (Å²) in [6, 6.07) is 13.5. The summed E-state index contributed by atoms with van der Waals surface area (Å²) in [4.78, 5) is 11.5.